The first-order valence-corrected chi connectivity index (χ1v) is 5.07. The Balaban J connectivity index is -0.000000218. The highest BCUT2D eigenvalue weighted by atomic mass is 35.5. The molecule has 6 nitrogen and oxygen atoms in total. The molecule has 104 valence electrons. The normalized spacial score (nSPS) is 9.65. The third-order valence-electron chi connectivity index (χ3n) is 2.09. The first-order chi connectivity index (χ1) is 7.25. The molecule has 0 saturated heterocycles. The van der Waals surface area contributed by atoms with Crippen molar-refractivity contribution >= 4 is 11.9 Å². The lowest BCUT2D eigenvalue weighted by molar-refractivity contribution is -0.888. The maximum Gasteiger partial charge on any atom is 0.102 e. The molecule has 0 aromatic carbocycles. The Morgan fingerprint density at radius 1 is 1.12 bits per heavy atom. The van der Waals surface area contributed by atoms with E-state index in [2.05, 4.69) is 21.0 Å². The highest BCUT2D eigenvalue weighted by Gasteiger charge is 2.08. The van der Waals surface area contributed by atoms with E-state index in [-0.39, 0.29) is 12.4 Å². The van der Waals surface area contributed by atoms with Gasteiger partial charge in [0.15, 0.2) is 0 Å². The molecule has 0 bridgehead atoms. The molecule has 1 N–H and O–H groups in total. The van der Waals surface area contributed by atoms with Crippen molar-refractivity contribution in [1.29, 1.82) is 0 Å². The molecule has 0 rings (SSSR count). The lowest BCUT2D eigenvalue weighted by Crippen LogP contribution is -3.00. The fourth-order valence-corrected chi connectivity index (χ4v) is 0.633. The van der Waals surface area contributed by atoms with E-state index >= 15 is 0 Å². The van der Waals surface area contributed by atoms with Gasteiger partial charge in [0.2, 0.25) is 0 Å². The van der Waals surface area contributed by atoms with Gasteiger partial charge >= 0.3 is 0 Å². The van der Waals surface area contributed by atoms with Crippen molar-refractivity contribution in [3.63, 3.8) is 0 Å². The summed E-state index contributed by atoms with van der Waals surface area (Å²) >= 11 is 0. The molecule has 0 heterocycles. The first-order valence-electron chi connectivity index (χ1n) is 5.07. The summed E-state index contributed by atoms with van der Waals surface area (Å²) in [5.74, 6) is -2.73. The van der Waals surface area contributed by atoms with Crippen molar-refractivity contribution in [2.24, 2.45) is 0 Å². The van der Waals surface area contributed by atoms with Crippen LogP contribution in [0.15, 0.2) is 0 Å². The van der Waals surface area contributed by atoms with Gasteiger partial charge in [0.1, 0.15) is 6.54 Å². The Morgan fingerprint density at radius 3 is 1.59 bits per heavy atom. The molecule has 0 spiro atoms. The summed E-state index contributed by atoms with van der Waals surface area (Å²) in [6.45, 7) is 4.35. The second-order valence-corrected chi connectivity index (χ2v) is 3.94. The average molecular weight is 270 g/mol. The van der Waals surface area contributed by atoms with Crippen LogP contribution in [0.25, 0.3) is 0 Å². The summed E-state index contributed by atoms with van der Waals surface area (Å²) in [5.41, 5.74) is 0. The fourth-order valence-electron chi connectivity index (χ4n) is 0.633. The second kappa shape index (κ2) is 11.6. The fraction of sp³-hybridized carbons (Fsp3) is 0.800. The zero-order valence-electron chi connectivity index (χ0n) is 10.4. The van der Waals surface area contributed by atoms with Crippen LogP contribution in [0.1, 0.15) is 19.8 Å². The van der Waals surface area contributed by atoms with E-state index in [1.54, 1.807) is 0 Å². The molecule has 0 aliphatic rings. The highest BCUT2D eigenvalue weighted by molar-refractivity contribution is 5.72. The van der Waals surface area contributed by atoms with Crippen molar-refractivity contribution in [3.05, 3.63) is 0 Å². The maximum absolute atomic E-state index is 9.50. The third-order valence-corrected chi connectivity index (χ3v) is 2.09. The van der Waals surface area contributed by atoms with Gasteiger partial charge in [-0.15, -0.1) is 0 Å². The molecule has 0 amide bonds. The van der Waals surface area contributed by atoms with Gasteiger partial charge in [-0.1, -0.05) is 0 Å². The summed E-state index contributed by atoms with van der Waals surface area (Å²) < 4.78 is 0.913. The molecule has 0 fully saturated rings. The van der Waals surface area contributed by atoms with E-state index in [1.807, 2.05) is 0 Å². The number of aliphatic hydroxyl groups excluding tert-OH is 1. The topological polar surface area (TPSA) is 100 Å². The average Bonchev–Trinajstić information content (AvgIpc) is 2.16. The zero-order valence-corrected chi connectivity index (χ0v) is 11.2. The van der Waals surface area contributed by atoms with Crippen molar-refractivity contribution in [1.82, 2.24) is 0 Å². The number of carbonyl (C=O) groups is 2. The predicted molar refractivity (Wildman–Crippen MR) is 53.9 cm³/mol. The van der Waals surface area contributed by atoms with Crippen LogP contribution in [-0.2, 0) is 9.59 Å². The van der Waals surface area contributed by atoms with Crippen LogP contribution in [0, 0.1) is 0 Å². The monoisotopic (exact) mass is 269 g/mol. The van der Waals surface area contributed by atoms with E-state index < -0.39 is 24.8 Å². The number of carboxylic acid groups (broad SMARTS) is 2. The third kappa shape index (κ3) is 21.1. The van der Waals surface area contributed by atoms with Gasteiger partial charge in [-0.2, -0.15) is 0 Å². The smallest absolute Gasteiger partial charge is 0.102 e. The van der Waals surface area contributed by atoms with Gasteiger partial charge < -0.3 is 41.8 Å². The van der Waals surface area contributed by atoms with Gasteiger partial charge in [-0.05, 0) is 19.8 Å². The molecule has 0 aliphatic carbocycles. The predicted octanol–water partition coefficient (Wildman–Crippen LogP) is -5.65. The molecule has 0 aromatic heterocycles. The molecular formula is C10H20ClNO5-2. The van der Waals surface area contributed by atoms with Gasteiger partial charge in [-0.3, -0.25) is 0 Å². The van der Waals surface area contributed by atoms with Crippen LogP contribution < -0.4 is 22.6 Å². The van der Waals surface area contributed by atoms with Gasteiger partial charge in [0, 0.05) is 11.9 Å². The van der Waals surface area contributed by atoms with Crippen LogP contribution >= 0.6 is 0 Å². The number of carboxylic acids is 2. The number of nitrogens with zero attached hydrogens (tertiary/aromatic N) is 1. The molecule has 0 aliphatic heterocycles. The number of quaternary nitrogens is 1. The molecule has 0 unspecified atom stereocenters. The van der Waals surface area contributed by atoms with Gasteiger partial charge in [0.05, 0.1) is 27.2 Å². The molecule has 17 heavy (non-hydrogen) atoms. The summed E-state index contributed by atoms with van der Waals surface area (Å²) in [6, 6.07) is 0. The summed E-state index contributed by atoms with van der Waals surface area (Å²) in [4.78, 5) is 19.0. The molecular weight excluding hydrogens is 250 g/mol. The second-order valence-electron chi connectivity index (χ2n) is 3.94. The quantitative estimate of drug-likeness (QED) is 0.485. The Kier molecular flexibility index (Phi) is 14.7. The van der Waals surface area contributed by atoms with Crippen molar-refractivity contribution in [2.75, 3.05) is 33.8 Å². The molecule has 0 radical (unpaired) electrons. The SMILES string of the molecule is CC[N+](C)(C)CCO.O=C([O-])CCC(=O)[O-].[Cl-]. The number of hydrogen-bond donors (Lipinski definition) is 1. The van der Waals surface area contributed by atoms with Crippen molar-refractivity contribution < 1.29 is 41.8 Å². The lowest BCUT2D eigenvalue weighted by Gasteiger charge is -2.26. The largest absolute Gasteiger partial charge is 1.00 e. The molecule has 0 aromatic rings. The Hall–Kier alpha value is -0.850. The minimum Gasteiger partial charge on any atom is -1.00 e. The molecule has 0 atom stereocenters. The van der Waals surface area contributed by atoms with Crippen molar-refractivity contribution in [2.45, 2.75) is 19.8 Å². The van der Waals surface area contributed by atoms with Crippen LogP contribution in [0.5, 0.6) is 0 Å². The lowest BCUT2D eigenvalue weighted by atomic mass is 10.3. The van der Waals surface area contributed by atoms with E-state index in [1.165, 1.54) is 0 Å². The number of rotatable bonds is 6. The molecule has 7 heteroatoms. The van der Waals surface area contributed by atoms with Crippen LogP contribution in [0.2, 0.25) is 0 Å². The van der Waals surface area contributed by atoms with E-state index in [0.29, 0.717) is 6.61 Å². The minimum atomic E-state index is -1.37. The van der Waals surface area contributed by atoms with Crippen LogP contribution in [0.3, 0.4) is 0 Å². The van der Waals surface area contributed by atoms with E-state index in [0.717, 1.165) is 17.6 Å². The molecule has 0 saturated carbocycles. The number of aliphatic hydroxyl groups is 1. The Morgan fingerprint density at radius 2 is 1.47 bits per heavy atom. The van der Waals surface area contributed by atoms with E-state index in [9.17, 15) is 19.8 Å². The van der Waals surface area contributed by atoms with E-state index in [4.69, 9.17) is 5.11 Å². The number of carbonyl (C=O) groups excluding carboxylic acids is 2. The minimum absolute atomic E-state index is 0. The maximum atomic E-state index is 9.50. The first kappa shape index (κ1) is 21.4. The van der Waals surface area contributed by atoms with Crippen LogP contribution in [-0.4, -0.2) is 55.3 Å². The highest BCUT2D eigenvalue weighted by Crippen LogP contribution is 1.92. The number of hydrogen-bond acceptors (Lipinski definition) is 5. The zero-order chi connectivity index (χ0) is 13.2. The summed E-state index contributed by atoms with van der Waals surface area (Å²) in [5, 5.41) is 27.5. The van der Waals surface area contributed by atoms with Crippen molar-refractivity contribution in [3.8, 4) is 0 Å². The number of likely N-dealkylation sites (N-methyl/N-ethyl adjacent to an activating group) is 1. The van der Waals surface area contributed by atoms with Crippen LogP contribution in [0.4, 0.5) is 0 Å². The Bertz CT molecular complexity index is 207. The van der Waals surface area contributed by atoms with Gasteiger partial charge in [-0.25, -0.2) is 0 Å². The standard InChI is InChI=1S/C6H16NO.C4H6O4.ClH/c1-4-7(2,3)5-6-8;5-3(6)1-2-4(7)8;/h8H,4-6H2,1-3H3;1-2H2,(H,5,6)(H,7,8);1H/q+1;;/p-3. The number of aliphatic carboxylic acids is 2. The number of halogens is 1. The summed E-state index contributed by atoms with van der Waals surface area (Å²) in [7, 11) is 4.21. The summed E-state index contributed by atoms with van der Waals surface area (Å²) in [6.07, 6.45) is -0.940. The van der Waals surface area contributed by atoms with Gasteiger partial charge in [0.25, 0.3) is 0 Å². The Labute approximate surface area is 108 Å².